The summed E-state index contributed by atoms with van der Waals surface area (Å²) in [6.45, 7) is 4.48. The fourth-order valence-electron chi connectivity index (χ4n) is 2.73. The van der Waals surface area contributed by atoms with Crippen molar-refractivity contribution in [2.75, 3.05) is 19.1 Å². The van der Waals surface area contributed by atoms with Crippen LogP contribution in [-0.2, 0) is 11.3 Å². The lowest BCUT2D eigenvalue weighted by Gasteiger charge is -2.24. The topological polar surface area (TPSA) is 51.7 Å². The van der Waals surface area contributed by atoms with Crippen molar-refractivity contribution in [3.05, 3.63) is 47.2 Å². The second kappa shape index (κ2) is 7.13. The first kappa shape index (κ1) is 17.3. The number of pyridine rings is 1. The summed E-state index contributed by atoms with van der Waals surface area (Å²) in [5.41, 5.74) is 3.17. The Kier molecular flexibility index (Phi) is 4.93. The molecule has 1 aliphatic rings. The fourth-order valence-corrected chi connectivity index (χ4v) is 2.73. The molecule has 0 bridgehead atoms. The maximum absolute atomic E-state index is 12.8. The molecule has 1 fully saturated rings. The van der Waals surface area contributed by atoms with Gasteiger partial charge in [-0.3, -0.25) is 9.69 Å². The zero-order chi connectivity index (χ0) is 18.0. The summed E-state index contributed by atoms with van der Waals surface area (Å²) < 4.78 is 10.7. The van der Waals surface area contributed by atoms with Gasteiger partial charge in [-0.2, -0.15) is 0 Å². The number of amides is 1. The van der Waals surface area contributed by atoms with E-state index in [1.807, 2.05) is 44.3 Å². The van der Waals surface area contributed by atoms with Crippen LogP contribution in [0.3, 0.4) is 0 Å². The Morgan fingerprint density at radius 3 is 2.52 bits per heavy atom. The van der Waals surface area contributed by atoms with E-state index in [1.165, 1.54) is 0 Å². The third-order valence-corrected chi connectivity index (χ3v) is 4.65. The van der Waals surface area contributed by atoms with Crippen molar-refractivity contribution in [2.24, 2.45) is 5.92 Å². The first-order valence-electron chi connectivity index (χ1n) is 8.49. The largest absolute Gasteiger partial charge is 0.497 e. The Hall–Kier alpha value is -2.56. The maximum Gasteiger partial charge on any atom is 0.231 e. The van der Waals surface area contributed by atoms with Crippen LogP contribution in [0, 0.1) is 19.8 Å². The van der Waals surface area contributed by atoms with Gasteiger partial charge >= 0.3 is 0 Å². The molecule has 1 aromatic heterocycles. The van der Waals surface area contributed by atoms with Crippen molar-refractivity contribution in [3.63, 3.8) is 0 Å². The minimum atomic E-state index is 0.118. The van der Waals surface area contributed by atoms with E-state index < -0.39 is 0 Å². The molecule has 0 saturated heterocycles. The average molecular weight is 340 g/mol. The third-order valence-electron chi connectivity index (χ3n) is 4.65. The van der Waals surface area contributed by atoms with E-state index in [1.54, 1.807) is 19.1 Å². The number of rotatable bonds is 6. The van der Waals surface area contributed by atoms with Gasteiger partial charge in [-0.15, -0.1) is 0 Å². The van der Waals surface area contributed by atoms with Gasteiger partial charge in [-0.1, -0.05) is 0 Å². The highest BCUT2D eigenvalue weighted by molar-refractivity contribution is 5.95. The summed E-state index contributed by atoms with van der Waals surface area (Å²) in [4.78, 5) is 19.1. The van der Waals surface area contributed by atoms with E-state index in [4.69, 9.17) is 9.47 Å². The molecule has 0 atom stereocenters. The molecule has 1 aromatic carbocycles. The lowest BCUT2D eigenvalue weighted by molar-refractivity contribution is -0.119. The predicted octanol–water partition coefficient (Wildman–Crippen LogP) is 3.66. The molecule has 0 radical (unpaired) electrons. The summed E-state index contributed by atoms with van der Waals surface area (Å²) in [6.07, 6.45) is 3.74. The Balaban J connectivity index is 1.95. The number of aryl methyl sites for hydroxylation is 2. The molecule has 132 valence electrons. The highest BCUT2D eigenvalue weighted by Crippen LogP contribution is 2.34. The van der Waals surface area contributed by atoms with Gasteiger partial charge in [-0.05, 0) is 56.0 Å². The normalized spacial score (nSPS) is 13.4. The zero-order valence-corrected chi connectivity index (χ0v) is 15.2. The van der Waals surface area contributed by atoms with Crippen molar-refractivity contribution in [2.45, 2.75) is 33.2 Å². The molecule has 1 heterocycles. The molecule has 25 heavy (non-hydrogen) atoms. The summed E-state index contributed by atoms with van der Waals surface area (Å²) >= 11 is 0. The first-order chi connectivity index (χ1) is 12.0. The van der Waals surface area contributed by atoms with E-state index in [-0.39, 0.29) is 11.8 Å². The van der Waals surface area contributed by atoms with Crippen molar-refractivity contribution in [1.29, 1.82) is 0 Å². The minimum Gasteiger partial charge on any atom is -0.497 e. The number of anilines is 1. The molecule has 2 aromatic rings. The van der Waals surface area contributed by atoms with Gasteiger partial charge in [-0.25, -0.2) is 4.98 Å². The number of ether oxygens (including phenoxy) is 2. The number of hydrogen-bond acceptors (Lipinski definition) is 4. The number of carbonyl (C=O) groups is 1. The highest BCUT2D eigenvalue weighted by Gasteiger charge is 2.35. The van der Waals surface area contributed by atoms with Crippen LogP contribution < -0.4 is 14.4 Å². The molecule has 5 heteroatoms. The van der Waals surface area contributed by atoms with E-state index in [0.717, 1.165) is 35.3 Å². The fraction of sp³-hybridized carbons (Fsp3) is 0.400. The van der Waals surface area contributed by atoms with E-state index in [2.05, 4.69) is 4.98 Å². The van der Waals surface area contributed by atoms with Crippen molar-refractivity contribution < 1.29 is 14.3 Å². The van der Waals surface area contributed by atoms with Crippen molar-refractivity contribution in [1.82, 2.24) is 4.98 Å². The predicted molar refractivity (Wildman–Crippen MR) is 97.2 cm³/mol. The van der Waals surface area contributed by atoms with Gasteiger partial charge in [0.2, 0.25) is 5.91 Å². The third kappa shape index (κ3) is 3.76. The van der Waals surface area contributed by atoms with Crippen LogP contribution in [0.4, 0.5) is 5.82 Å². The Morgan fingerprint density at radius 2 is 1.92 bits per heavy atom. The minimum absolute atomic E-state index is 0.118. The van der Waals surface area contributed by atoms with Crippen LogP contribution in [0.2, 0.25) is 0 Å². The van der Waals surface area contributed by atoms with Crippen molar-refractivity contribution >= 4 is 11.7 Å². The number of carbonyl (C=O) groups excluding carboxylic acids is 1. The standard InChI is InChI=1S/C20H24N2O3/c1-13-9-19(21-11-14(13)2)22(20(23)15-5-6-15)12-16-7-8-17(24-3)10-18(16)25-4/h7-11,15H,5-6,12H2,1-4H3. The van der Waals surface area contributed by atoms with Gasteiger partial charge in [0.05, 0.1) is 20.8 Å². The molecule has 3 rings (SSSR count). The molecule has 0 aliphatic heterocycles. The van der Waals surface area contributed by atoms with E-state index >= 15 is 0 Å². The zero-order valence-electron chi connectivity index (χ0n) is 15.2. The lowest BCUT2D eigenvalue weighted by atomic mass is 10.1. The van der Waals surface area contributed by atoms with Crippen LogP contribution in [-0.4, -0.2) is 25.1 Å². The maximum atomic E-state index is 12.8. The Bertz CT molecular complexity index is 785. The lowest BCUT2D eigenvalue weighted by Crippen LogP contribution is -2.32. The van der Waals surface area contributed by atoms with Crippen molar-refractivity contribution in [3.8, 4) is 11.5 Å². The number of aromatic nitrogens is 1. The molecular weight excluding hydrogens is 316 g/mol. The SMILES string of the molecule is COc1ccc(CN(C(=O)C2CC2)c2cc(C)c(C)cn2)c(OC)c1. The van der Waals surface area contributed by atoms with Gasteiger partial charge in [0, 0.05) is 23.7 Å². The molecule has 1 aliphatic carbocycles. The highest BCUT2D eigenvalue weighted by atomic mass is 16.5. The Morgan fingerprint density at radius 1 is 1.16 bits per heavy atom. The summed E-state index contributed by atoms with van der Waals surface area (Å²) in [6, 6.07) is 7.63. The number of benzene rings is 1. The van der Waals surface area contributed by atoms with Crippen LogP contribution in [0.15, 0.2) is 30.5 Å². The van der Waals surface area contributed by atoms with Crippen LogP contribution in [0.25, 0.3) is 0 Å². The van der Waals surface area contributed by atoms with Gasteiger partial charge < -0.3 is 9.47 Å². The number of nitrogens with zero attached hydrogens (tertiary/aromatic N) is 2. The average Bonchev–Trinajstić information content (AvgIpc) is 3.46. The molecule has 1 amide bonds. The van der Waals surface area contributed by atoms with Gasteiger partial charge in [0.15, 0.2) is 0 Å². The van der Waals surface area contributed by atoms with E-state index in [0.29, 0.717) is 18.1 Å². The molecule has 0 unspecified atom stereocenters. The monoisotopic (exact) mass is 340 g/mol. The molecule has 0 N–H and O–H groups in total. The summed E-state index contributed by atoms with van der Waals surface area (Å²) in [5, 5.41) is 0. The Labute approximate surface area is 148 Å². The summed E-state index contributed by atoms with van der Waals surface area (Å²) in [5.74, 6) is 2.38. The van der Waals surface area contributed by atoms with Crippen LogP contribution in [0.1, 0.15) is 29.5 Å². The second-order valence-corrected chi connectivity index (χ2v) is 6.50. The number of hydrogen-bond donors (Lipinski definition) is 0. The van der Waals surface area contributed by atoms with Gasteiger partial charge in [0.25, 0.3) is 0 Å². The van der Waals surface area contributed by atoms with Crippen LogP contribution >= 0.6 is 0 Å². The number of methoxy groups -OCH3 is 2. The smallest absolute Gasteiger partial charge is 0.231 e. The van der Waals surface area contributed by atoms with E-state index in [9.17, 15) is 4.79 Å². The van der Waals surface area contributed by atoms with Crippen LogP contribution in [0.5, 0.6) is 11.5 Å². The first-order valence-corrected chi connectivity index (χ1v) is 8.49. The molecule has 1 saturated carbocycles. The second-order valence-electron chi connectivity index (χ2n) is 6.50. The quantitative estimate of drug-likeness (QED) is 0.805. The van der Waals surface area contributed by atoms with Gasteiger partial charge in [0.1, 0.15) is 17.3 Å². The molecule has 0 spiro atoms. The molecular formula is C20H24N2O3. The molecule has 5 nitrogen and oxygen atoms in total. The summed E-state index contributed by atoms with van der Waals surface area (Å²) in [7, 11) is 3.25.